The van der Waals surface area contributed by atoms with E-state index in [2.05, 4.69) is 67.6 Å². The van der Waals surface area contributed by atoms with Crippen LogP contribution < -0.4 is 10.6 Å². The fraction of sp³-hybridized carbons (Fsp3) is 0.588. The molecule has 1 atom stereocenters. The zero-order valence-electron chi connectivity index (χ0n) is 13.2. The smallest absolute Gasteiger partial charge is 0.191 e. The van der Waals surface area contributed by atoms with Crippen LogP contribution >= 0.6 is 0 Å². The van der Waals surface area contributed by atoms with Gasteiger partial charge in [0.1, 0.15) is 0 Å². The minimum atomic E-state index is 0.225. The monoisotopic (exact) mass is 273 g/mol. The van der Waals surface area contributed by atoms with E-state index < -0.39 is 0 Å². The van der Waals surface area contributed by atoms with Crippen LogP contribution in [0, 0.1) is 0 Å². The van der Waals surface area contributed by atoms with Gasteiger partial charge < -0.3 is 10.6 Å². The lowest BCUT2D eigenvalue weighted by atomic mass is 9.86. The molecule has 110 valence electrons. The molecule has 3 nitrogen and oxygen atoms in total. The van der Waals surface area contributed by atoms with E-state index in [1.807, 2.05) is 0 Å². The molecule has 0 aromatic heterocycles. The molecule has 0 bridgehead atoms. The van der Waals surface area contributed by atoms with Crippen molar-refractivity contribution in [1.29, 1.82) is 0 Å². The van der Waals surface area contributed by atoms with Gasteiger partial charge in [-0.25, -0.2) is 0 Å². The van der Waals surface area contributed by atoms with Crippen molar-refractivity contribution < 1.29 is 0 Å². The molecule has 0 spiro atoms. The Morgan fingerprint density at radius 1 is 1.25 bits per heavy atom. The summed E-state index contributed by atoms with van der Waals surface area (Å²) in [5.41, 5.74) is 2.98. The Bertz CT molecular complexity index is 454. The molecular formula is C17H27N3. The second kappa shape index (κ2) is 6.29. The van der Waals surface area contributed by atoms with Crippen molar-refractivity contribution in [2.45, 2.75) is 52.0 Å². The normalized spacial score (nSPS) is 17.1. The predicted octanol–water partition coefficient (Wildman–Crippen LogP) is 2.85. The molecule has 0 amide bonds. The number of nitrogens with zero attached hydrogens (tertiary/aromatic N) is 1. The Morgan fingerprint density at radius 3 is 2.50 bits per heavy atom. The van der Waals surface area contributed by atoms with Crippen molar-refractivity contribution in [3.8, 4) is 0 Å². The van der Waals surface area contributed by atoms with Gasteiger partial charge in [-0.3, -0.25) is 4.99 Å². The van der Waals surface area contributed by atoms with Crippen LogP contribution in [0.5, 0.6) is 0 Å². The topological polar surface area (TPSA) is 36.4 Å². The Kier molecular flexibility index (Phi) is 4.69. The first-order valence-electron chi connectivity index (χ1n) is 7.59. The van der Waals surface area contributed by atoms with Crippen molar-refractivity contribution >= 4 is 5.96 Å². The second-order valence-electron chi connectivity index (χ2n) is 6.71. The zero-order chi connectivity index (χ0) is 14.6. The number of guanidine groups is 1. The summed E-state index contributed by atoms with van der Waals surface area (Å²) in [6.07, 6.45) is 2.15. The lowest BCUT2D eigenvalue weighted by Crippen LogP contribution is -2.45. The fourth-order valence-corrected chi connectivity index (χ4v) is 2.41. The maximum Gasteiger partial charge on any atom is 0.191 e. The van der Waals surface area contributed by atoms with Gasteiger partial charge in [-0.2, -0.15) is 0 Å². The van der Waals surface area contributed by atoms with Crippen LogP contribution in [0.1, 0.15) is 45.2 Å². The number of benzene rings is 1. The summed E-state index contributed by atoms with van der Waals surface area (Å²) in [5.74, 6) is 0.954. The lowest BCUT2D eigenvalue weighted by molar-refractivity contribution is 0.588. The Morgan fingerprint density at radius 2 is 1.95 bits per heavy atom. The third-order valence-corrected chi connectivity index (χ3v) is 3.64. The van der Waals surface area contributed by atoms with Gasteiger partial charge in [0.05, 0.1) is 0 Å². The first kappa shape index (κ1) is 14.9. The molecule has 1 unspecified atom stereocenters. The molecule has 0 saturated carbocycles. The SMILES string of the molecule is CC(Cc1ccc(C(C)(C)C)cc1)NC1=NCCCN1. The summed E-state index contributed by atoms with van der Waals surface area (Å²) in [5, 5.41) is 6.75. The van der Waals surface area contributed by atoms with Gasteiger partial charge in [-0.05, 0) is 36.3 Å². The second-order valence-corrected chi connectivity index (χ2v) is 6.71. The number of rotatable bonds is 3. The van der Waals surface area contributed by atoms with Crippen molar-refractivity contribution in [2.75, 3.05) is 13.1 Å². The number of aliphatic imine (C=N–C) groups is 1. The molecule has 0 radical (unpaired) electrons. The standard InChI is InChI=1S/C17H27N3/c1-13(20-16-18-10-5-11-19-16)12-14-6-8-15(9-7-14)17(2,3)4/h6-9,13H,5,10-12H2,1-4H3,(H2,18,19,20). The van der Waals surface area contributed by atoms with Gasteiger partial charge in [-0.1, -0.05) is 45.0 Å². The van der Waals surface area contributed by atoms with Gasteiger partial charge in [0.2, 0.25) is 0 Å². The molecule has 1 aromatic carbocycles. The average Bonchev–Trinajstić information content (AvgIpc) is 2.39. The van der Waals surface area contributed by atoms with Gasteiger partial charge in [0.25, 0.3) is 0 Å². The molecule has 0 saturated heterocycles. The van der Waals surface area contributed by atoms with Gasteiger partial charge in [-0.15, -0.1) is 0 Å². The Hall–Kier alpha value is -1.51. The molecule has 20 heavy (non-hydrogen) atoms. The Balaban J connectivity index is 1.91. The van der Waals surface area contributed by atoms with Crippen molar-refractivity contribution in [3.63, 3.8) is 0 Å². The third-order valence-electron chi connectivity index (χ3n) is 3.64. The van der Waals surface area contributed by atoms with E-state index in [4.69, 9.17) is 0 Å². The summed E-state index contributed by atoms with van der Waals surface area (Å²) in [6.45, 7) is 10.9. The number of hydrogen-bond donors (Lipinski definition) is 2. The van der Waals surface area contributed by atoms with Gasteiger partial charge in [0, 0.05) is 19.1 Å². The highest BCUT2D eigenvalue weighted by atomic mass is 15.2. The largest absolute Gasteiger partial charge is 0.356 e. The molecule has 2 rings (SSSR count). The quantitative estimate of drug-likeness (QED) is 0.888. The van der Waals surface area contributed by atoms with Crippen LogP contribution in [-0.2, 0) is 11.8 Å². The van der Waals surface area contributed by atoms with E-state index in [1.54, 1.807) is 0 Å². The summed E-state index contributed by atoms with van der Waals surface area (Å²) in [7, 11) is 0. The van der Waals surface area contributed by atoms with Crippen molar-refractivity contribution in [2.24, 2.45) is 4.99 Å². The molecule has 1 aliphatic rings. The van der Waals surface area contributed by atoms with Crippen LogP contribution in [0.4, 0.5) is 0 Å². The summed E-state index contributed by atoms with van der Waals surface area (Å²) >= 11 is 0. The maximum atomic E-state index is 4.45. The van der Waals surface area contributed by atoms with Crippen molar-refractivity contribution in [3.05, 3.63) is 35.4 Å². The number of nitrogens with one attached hydrogen (secondary N) is 2. The minimum absolute atomic E-state index is 0.225. The highest BCUT2D eigenvalue weighted by Gasteiger charge is 2.13. The summed E-state index contributed by atoms with van der Waals surface area (Å²) in [4.78, 5) is 4.45. The maximum absolute atomic E-state index is 4.45. The molecule has 3 heteroatoms. The van der Waals surface area contributed by atoms with Gasteiger partial charge >= 0.3 is 0 Å². The molecule has 0 fully saturated rings. The van der Waals surface area contributed by atoms with E-state index in [0.717, 1.165) is 31.9 Å². The molecule has 1 aliphatic heterocycles. The van der Waals surface area contributed by atoms with E-state index in [0.29, 0.717) is 6.04 Å². The van der Waals surface area contributed by atoms with E-state index in [9.17, 15) is 0 Å². The molecule has 2 N–H and O–H groups in total. The number of hydrogen-bond acceptors (Lipinski definition) is 3. The van der Waals surface area contributed by atoms with Crippen molar-refractivity contribution in [1.82, 2.24) is 10.6 Å². The van der Waals surface area contributed by atoms with Crippen LogP contribution in [0.2, 0.25) is 0 Å². The Labute approximate surface area is 122 Å². The first-order chi connectivity index (χ1) is 9.45. The lowest BCUT2D eigenvalue weighted by Gasteiger charge is -2.22. The van der Waals surface area contributed by atoms with Crippen LogP contribution in [0.25, 0.3) is 0 Å². The summed E-state index contributed by atoms with van der Waals surface area (Å²) < 4.78 is 0. The average molecular weight is 273 g/mol. The predicted molar refractivity (Wildman–Crippen MR) is 86.4 cm³/mol. The van der Waals surface area contributed by atoms with Crippen LogP contribution in [0.3, 0.4) is 0 Å². The van der Waals surface area contributed by atoms with Crippen LogP contribution in [0.15, 0.2) is 29.3 Å². The van der Waals surface area contributed by atoms with E-state index >= 15 is 0 Å². The first-order valence-corrected chi connectivity index (χ1v) is 7.59. The molecule has 0 aliphatic carbocycles. The highest BCUT2D eigenvalue weighted by molar-refractivity contribution is 5.80. The fourth-order valence-electron chi connectivity index (χ4n) is 2.41. The van der Waals surface area contributed by atoms with E-state index in [1.165, 1.54) is 11.1 Å². The van der Waals surface area contributed by atoms with Crippen LogP contribution in [-0.4, -0.2) is 25.1 Å². The molecule has 1 aromatic rings. The highest BCUT2D eigenvalue weighted by Crippen LogP contribution is 2.22. The minimum Gasteiger partial charge on any atom is -0.356 e. The molecule has 1 heterocycles. The third kappa shape index (κ3) is 4.26. The van der Waals surface area contributed by atoms with E-state index in [-0.39, 0.29) is 5.41 Å². The van der Waals surface area contributed by atoms with Gasteiger partial charge in [0.15, 0.2) is 5.96 Å². The molecular weight excluding hydrogens is 246 g/mol. The zero-order valence-corrected chi connectivity index (χ0v) is 13.2. The summed E-state index contributed by atoms with van der Waals surface area (Å²) in [6, 6.07) is 9.38.